The molecule has 11 heteroatoms. The minimum atomic E-state index is -0.713. The minimum absolute atomic E-state index is 0.0211. The number of nitrogens with one attached hydrogen (secondary N) is 1. The normalized spacial score (nSPS) is 15.3. The van der Waals surface area contributed by atoms with E-state index in [0.29, 0.717) is 39.6 Å². The Morgan fingerprint density at radius 3 is 2.89 bits per heavy atom. The molecular weight excluding hydrogens is 519 g/mol. The summed E-state index contributed by atoms with van der Waals surface area (Å²) in [5, 5.41) is 2.71. The van der Waals surface area contributed by atoms with Crippen molar-refractivity contribution in [2.45, 2.75) is 19.4 Å². The minimum Gasteiger partial charge on any atom is -0.453 e. The Kier molecular flexibility index (Phi) is 6.77. The average molecular weight is 541 g/mol. The SMILES string of the molecule is C#CCNC(=O)n1c(C)c(Cl)c2c(F)c(Oc3ccnc4cc(C(=O)N5CC[C@H](OC)C5)sc34)ccc21. The van der Waals surface area contributed by atoms with Crippen molar-refractivity contribution in [3.05, 3.63) is 51.9 Å². The molecule has 4 aromatic rings. The second kappa shape index (κ2) is 10.0. The number of amides is 2. The number of halogens is 2. The third-order valence-electron chi connectivity index (χ3n) is 6.31. The average Bonchev–Trinajstić information content (AvgIpc) is 3.61. The third-order valence-corrected chi connectivity index (χ3v) is 7.90. The maximum Gasteiger partial charge on any atom is 0.327 e. The summed E-state index contributed by atoms with van der Waals surface area (Å²) in [4.78, 5) is 32.2. The number of benzene rings is 1. The molecule has 1 aromatic carbocycles. The van der Waals surface area contributed by atoms with E-state index in [9.17, 15) is 9.59 Å². The molecule has 4 heterocycles. The Labute approximate surface area is 220 Å². The van der Waals surface area contributed by atoms with E-state index in [4.69, 9.17) is 27.5 Å². The highest BCUT2D eigenvalue weighted by molar-refractivity contribution is 7.21. The molecule has 2 amide bonds. The first-order valence-corrected chi connectivity index (χ1v) is 12.6. The molecule has 8 nitrogen and oxygen atoms in total. The van der Waals surface area contributed by atoms with Crippen LogP contribution in [0.4, 0.5) is 9.18 Å². The van der Waals surface area contributed by atoms with Gasteiger partial charge in [-0.15, -0.1) is 17.8 Å². The Bertz CT molecular complexity index is 1590. The van der Waals surface area contributed by atoms with E-state index >= 15 is 4.39 Å². The fourth-order valence-corrected chi connectivity index (χ4v) is 5.73. The highest BCUT2D eigenvalue weighted by Crippen LogP contribution is 2.40. The first-order chi connectivity index (χ1) is 17.8. The van der Waals surface area contributed by atoms with Gasteiger partial charge >= 0.3 is 6.03 Å². The lowest BCUT2D eigenvalue weighted by atomic mass is 10.2. The number of methoxy groups -OCH3 is 1. The molecule has 0 unspecified atom stereocenters. The second-order valence-corrected chi connectivity index (χ2v) is 9.93. The van der Waals surface area contributed by atoms with Crippen molar-refractivity contribution in [1.29, 1.82) is 0 Å². The number of terminal acetylenes is 1. The number of rotatable bonds is 5. The number of thiophene rings is 1. The highest BCUT2D eigenvalue weighted by atomic mass is 35.5. The predicted molar refractivity (Wildman–Crippen MR) is 140 cm³/mol. The number of hydrogen-bond donors (Lipinski definition) is 1. The van der Waals surface area contributed by atoms with Crippen LogP contribution in [-0.2, 0) is 4.74 Å². The van der Waals surface area contributed by atoms with Crippen LogP contribution in [0, 0.1) is 25.1 Å². The molecule has 0 spiro atoms. The molecule has 0 bridgehead atoms. The lowest BCUT2D eigenvalue weighted by molar-refractivity contribution is 0.0728. The number of fused-ring (bicyclic) bond motifs is 2. The molecule has 1 saturated heterocycles. The molecule has 0 radical (unpaired) electrons. The summed E-state index contributed by atoms with van der Waals surface area (Å²) >= 11 is 7.66. The zero-order valence-electron chi connectivity index (χ0n) is 20.0. The summed E-state index contributed by atoms with van der Waals surface area (Å²) in [7, 11) is 1.64. The van der Waals surface area contributed by atoms with Gasteiger partial charge in [0.2, 0.25) is 0 Å². The van der Waals surface area contributed by atoms with Gasteiger partial charge in [0.25, 0.3) is 5.91 Å². The molecule has 1 N–H and O–H groups in total. The fraction of sp³-hybridized carbons (Fsp3) is 0.269. The molecule has 0 aliphatic carbocycles. The summed E-state index contributed by atoms with van der Waals surface area (Å²) in [6.07, 6.45) is 7.58. The van der Waals surface area contributed by atoms with Crippen molar-refractivity contribution in [3.8, 4) is 23.8 Å². The number of aromatic nitrogens is 2. The topological polar surface area (TPSA) is 85.7 Å². The molecule has 37 heavy (non-hydrogen) atoms. The van der Waals surface area contributed by atoms with Gasteiger partial charge in [-0.25, -0.2) is 9.18 Å². The van der Waals surface area contributed by atoms with Gasteiger partial charge in [-0.2, -0.15) is 0 Å². The van der Waals surface area contributed by atoms with Gasteiger partial charge in [-0.05, 0) is 31.5 Å². The lowest BCUT2D eigenvalue weighted by Gasteiger charge is -2.14. The largest absolute Gasteiger partial charge is 0.453 e. The van der Waals surface area contributed by atoms with Gasteiger partial charge in [0.1, 0.15) is 5.75 Å². The van der Waals surface area contributed by atoms with Crippen LogP contribution in [0.15, 0.2) is 30.5 Å². The summed E-state index contributed by atoms with van der Waals surface area (Å²) in [5.41, 5.74) is 1.22. The van der Waals surface area contributed by atoms with Crippen LogP contribution in [0.3, 0.4) is 0 Å². The fourth-order valence-electron chi connectivity index (χ4n) is 4.43. The molecule has 1 atom stereocenters. The van der Waals surface area contributed by atoms with Crippen LogP contribution in [0.5, 0.6) is 11.5 Å². The first-order valence-electron chi connectivity index (χ1n) is 11.4. The Hall–Kier alpha value is -3.65. The summed E-state index contributed by atoms with van der Waals surface area (Å²) in [6.45, 7) is 2.79. The number of pyridine rings is 1. The van der Waals surface area contributed by atoms with Gasteiger partial charge in [0.15, 0.2) is 11.6 Å². The number of carbonyl (C=O) groups excluding carboxylic acids is 2. The van der Waals surface area contributed by atoms with Crippen molar-refractivity contribution in [2.75, 3.05) is 26.7 Å². The van der Waals surface area contributed by atoms with Gasteiger partial charge in [0, 0.05) is 38.2 Å². The van der Waals surface area contributed by atoms with Gasteiger partial charge in [-0.1, -0.05) is 17.5 Å². The molecule has 1 fully saturated rings. The van der Waals surface area contributed by atoms with E-state index in [1.165, 1.54) is 28.2 Å². The van der Waals surface area contributed by atoms with E-state index < -0.39 is 11.8 Å². The van der Waals surface area contributed by atoms with E-state index in [0.717, 1.165) is 6.42 Å². The maximum atomic E-state index is 15.7. The highest BCUT2D eigenvalue weighted by Gasteiger charge is 2.28. The number of likely N-dealkylation sites (tertiary alicyclic amines) is 1. The van der Waals surface area contributed by atoms with Crippen molar-refractivity contribution in [2.24, 2.45) is 0 Å². The lowest BCUT2D eigenvalue weighted by Crippen LogP contribution is -2.29. The summed E-state index contributed by atoms with van der Waals surface area (Å²) in [5.74, 6) is 1.78. The summed E-state index contributed by atoms with van der Waals surface area (Å²) < 4.78 is 28.9. The van der Waals surface area contributed by atoms with Crippen molar-refractivity contribution < 1.29 is 23.5 Å². The Balaban J connectivity index is 1.48. The summed E-state index contributed by atoms with van der Waals surface area (Å²) in [6, 6.07) is 5.80. The number of ether oxygens (including phenoxy) is 2. The van der Waals surface area contributed by atoms with E-state index in [1.54, 1.807) is 37.1 Å². The van der Waals surface area contributed by atoms with E-state index in [-0.39, 0.29) is 40.2 Å². The van der Waals surface area contributed by atoms with E-state index in [1.807, 2.05) is 0 Å². The van der Waals surface area contributed by atoms with Crippen LogP contribution >= 0.6 is 22.9 Å². The standard InChI is InChI=1S/C26H22ClFN4O4S/c1-4-9-30-26(34)32-14(2)22(27)21-17(32)5-6-18(23(21)28)36-19-7-10-29-16-12-20(37-24(16)19)25(33)31-11-8-15(13-31)35-3/h1,5-7,10,12,15H,8-9,11,13H2,2-3H3,(H,30,34)/t15-/m0/s1. The first kappa shape index (κ1) is 25.0. The van der Waals surface area contributed by atoms with Crippen LogP contribution in [-0.4, -0.2) is 59.2 Å². The molecule has 1 aliphatic rings. The molecule has 0 saturated carbocycles. The smallest absolute Gasteiger partial charge is 0.327 e. The van der Waals surface area contributed by atoms with Crippen molar-refractivity contribution >= 4 is 56.0 Å². The molecular formula is C26H22ClFN4O4S. The molecule has 1 aliphatic heterocycles. The number of hydrogen-bond acceptors (Lipinski definition) is 6. The quantitative estimate of drug-likeness (QED) is 0.352. The second-order valence-electron chi connectivity index (χ2n) is 8.50. The molecule has 3 aromatic heterocycles. The van der Waals surface area contributed by atoms with Gasteiger partial charge in [0.05, 0.1) is 43.7 Å². The van der Waals surface area contributed by atoms with Crippen LogP contribution in [0.1, 0.15) is 21.8 Å². The van der Waals surface area contributed by atoms with Crippen molar-refractivity contribution in [1.82, 2.24) is 19.8 Å². The van der Waals surface area contributed by atoms with Crippen LogP contribution in [0.25, 0.3) is 21.1 Å². The number of carbonyl (C=O) groups is 2. The monoisotopic (exact) mass is 540 g/mol. The van der Waals surface area contributed by atoms with Crippen LogP contribution < -0.4 is 10.1 Å². The van der Waals surface area contributed by atoms with Crippen molar-refractivity contribution in [3.63, 3.8) is 0 Å². The molecule has 5 rings (SSSR count). The van der Waals surface area contributed by atoms with Gasteiger partial charge in [-0.3, -0.25) is 14.3 Å². The predicted octanol–water partition coefficient (Wildman–Crippen LogP) is 5.20. The van der Waals surface area contributed by atoms with E-state index in [2.05, 4.69) is 16.2 Å². The maximum absolute atomic E-state index is 15.7. The van der Waals surface area contributed by atoms with Gasteiger partial charge < -0.3 is 19.7 Å². The Morgan fingerprint density at radius 1 is 1.35 bits per heavy atom. The third kappa shape index (κ3) is 4.39. The Morgan fingerprint density at radius 2 is 2.16 bits per heavy atom. The zero-order valence-corrected chi connectivity index (χ0v) is 21.6. The molecule has 190 valence electrons. The number of nitrogens with zero attached hydrogens (tertiary/aromatic N) is 3. The zero-order chi connectivity index (χ0) is 26.3. The van der Waals surface area contributed by atoms with Crippen LogP contribution in [0.2, 0.25) is 5.02 Å².